The van der Waals surface area contributed by atoms with Gasteiger partial charge in [-0.05, 0) is 48.9 Å². The van der Waals surface area contributed by atoms with Crippen molar-refractivity contribution >= 4 is 28.3 Å². The molecule has 0 aliphatic carbocycles. The lowest BCUT2D eigenvalue weighted by atomic mass is 10.0. The quantitative estimate of drug-likeness (QED) is 0.832. The van der Waals surface area contributed by atoms with E-state index in [2.05, 4.69) is 0 Å². The Morgan fingerprint density at radius 2 is 1.85 bits per heavy atom. The molecule has 2 heterocycles. The fraction of sp³-hybridized carbons (Fsp3) is 0.611. The van der Waals surface area contributed by atoms with Gasteiger partial charge in [0, 0.05) is 39.1 Å². The second kappa shape index (κ2) is 8.69. The van der Waals surface area contributed by atoms with Crippen LogP contribution >= 0.6 is 12.4 Å². The molecule has 6 nitrogen and oxygen atoms in total. The third-order valence-electron chi connectivity index (χ3n) is 5.38. The van der Waals surface area contributed by atoms with Gasteiger partial charge >= 0.3 is 0 Å². The summed E-state index contributed by atoms with van der Waals surface area (Å²) in [5.74, 6) is 0.0692. The molecule has 2 aliphatic heterocycles. The van der Waals surface area contributed by atoms with Gasteiger partial charge < -0.3 is 10.6 Å². The van der Waals surface area contributed by atoms with Gasteiger partial charge in [0.25, 0.3) is 0 Å². The largest absolute Gasteiger partial charge is 0.342 e. The standard InChI is InChI=1S/C18H27N3O3S.ClH/c1-14(22)20-10-7-15-5-6-18(12-16(15)8-11-20)25(23,24)21-9-3-2-4-17(21)13-19;/h5-6,12,17H,2-4,7-11,13,19H2,1H3;1H. The van der Waals surface area contributed by atoms with Crippen molar-refractivity contribution in [1.82, 2.24) is 9.21 Å². The molecule has 146 valence electrons. The number of carbonyl (C=O) groups is 1. The van der Waals surface area contributed by atoms with Gasteiger partial charge in [-0.3, -0.25) is 4.79 Å². The van der Waals surface area contributed by atoms with Crippen molar-refractivity contribution in [1.29, 1.82) is 0 Å². The predicted octanol–water partition coefficient (Wildman–Crippen LogP) is 1.56. The second-order valence-electron chi connectivity index (χ2n) is 6.94. The van der Waals surface area contributed by atoms with Crippen LogP contribution < -0.4 is 5.73 Å². The fourth-order valence-electron chi connectivity index (χ4n) is 3.84. The molecule has 8 heteroatoms. The van der Waals surface area contributed by atoms with Crippen LogP contribution in [0.15, 0.2) is 23.1 Å². The van der Waals surface area contributed by atoms with Gasteiger partial charge in [0.15, 0.2) is 0 Å². The number of hydrogen-bond donors (Lipinski definition) is 1. The lowest BCUT2D eigenvalue weighted by Gasteiger charge is -2.34. The summed E-state index contributed by atoms with van der Waals surface area (Å²) in [6.07, 6.45) is 4.20. The lowest BCUT2D eigenvalue weighted by molar-refractivity contribution is -0.128. The van der Waals surface area contributed by atoms with Gasteiger partial charge in [-0.2, -0.15) is 4.31 Å². The summed E-state index contributed by atoms with van der Waals surface area (Å²) < 4.78 is 27.8. The van der Waals surface area contributed by atoms with Gasteiger partial charge in [0.2, 0.25) is 15.9 Å². The van der Waals surface area contributed by atoms with Crippen LogP contribution in [-0.4, -0.2) is 55.8 Å². The van der Waals surface area contributed by atoms with E-state index in [1.54, 1.807) is 23.4 Å². The zero-order chi connectivity index (χ0) is 18.0. The predicted molar refractivity (Wildman–Crippen MR) is 104 cm³/mol. The maximum atomic E-state index is 13.1. The molecule has 1 aromatic carbocycles. The molecule has 2 N–H and O–H groups in total. The van der Waals surface area contributed by atoms with Crippen LogP contribution in [0.5, 0.6) is 0 Å². The molecular weight excluding hydrogens is 374 g/mol. The van der Waals surface area contributed by atoms with Crippen LogP contribution in [0.1, 0.15) is 37.3 Å². The maximum Gasteiger partial charge on any atom is 0.243 e. The summed E-state index contributed by atoms with van der Waals surface area (Å²) in [5.41, 5.74) is 7.97. The highest BCUT2D eigenvalue weighted by molar-refractivity contribution is 7.89. The van der Waals surface area contributed by atoms with Crippen LogP contribution in [-0.2, 0) is 27.7 Å². The van der Waals surface area contributed by atoms with Gasteiger partial charge in [0.1, 0.15) is 0 Å². The van der Waals surface area contributed by atoms with E-state index in [0.717, 1.165) is 36.8 Å². The van der Waals surface area contributed by atoms with Crippen molar-refractivity contribution in [3.05, 3.63) is 29.3 Å². The first kappa shape index (κ1) is 21.2. The van der Waals surface area contributed by atoms with Crippen molar-refractivity contribution in [3.63, 3.8) is 0 Å². The third kappa shape index (κ3) is 4.22. The molecule has 0 radical (unpaired) electrons. The average molecular weight is 402 g/mol. The summed E-state index contributed by atoms with van der Waals surface area (Å²) >= 11 is 0. The summed E-state index contributed by atoms with van der Waals surface area (Å²) in [4.78, 5) is 13.8. The molecule has 1 fully saturated rings. The number of nitrogens with two attached hydrogens (primary N) is 1. The molecule has 1 saturated heterocycles. The minimum absolute atomic E-state index is 0. The lowest BCUT2D eigenvalue weighted by Crippen LogP contribution is -2.47. The summed E-state index contributed by atoms with van der Waals surface area (Å²) in [5, 5.41) is 0. The van der Waals surface area contributed by atoms with E-state index in [0.29, 0.717) is 37.5 Å². The molecule has 2 aliphatic rings. The van der Waals surface area contributed by atoms with Crippen LogP contribution in [0.4, 0.5) is 0 Å². The molecular formula is C18H28ClN3O3S. The van der Waals surface area contributed by atoms with Crippen molar-refractivity contribution in [2.75, 3.05) is 26.2 Å². The molecule has 1 unspecified atom stereocenters. The smallest absolute Gasteiger partial charge is 0.243 e. The van der Waals surface area contributed by atoms with E-state index < -0.39 is 10.0 Å². The zero-order valence-electron chi connectivity index (χ0n) is 15.2. The average Bonchev–Trinajstić information content (AvgIpc) is 2.83. The number of benzene rings is 1. The minimum Gasteiger partial charge on any atom is -0.342 e. The van der Waals surface area contributed by atoms with Gasteiger partial charge in [-0.1, -0.05) is 12.5 Å². The number of carbonyl (C=O) groups excluding carboxylic acids is 1. The van der Waals surface area contributed by atoms with Crippen LogP contribution in [0, 0.1) is 0 Å². The minimum atomic E-state index is -3.53. The summed E-state index contributed by atoms with van der Waals surface area (Å²) in [7, 11) is -3.53. The maximum absolute atomic E-state index is 13.1. The van der Waals surface area contributed by atoms with Crippen molar-refractivity contribution < 1.29 is 13.2 Å². The molecule has 0 bridgehead atoms. The van der Waals surface area contributed by atoms with Gasteiger partial charge in [0.05, 0.1) is 4.90 Å². The van der Waals surface area contributed by atoms with Gasteiger partial charge in [-0.15, -0.1) is 12.4 Å². The van der Waals surface area contributed by atoms with E-state index >= 15 is 0 Å². The second-order valence-corrected chi connectivity index (χ2v) is 8.83. The first-order chi connectivity index (χ1) is 11.9. The molecule has 0 spiro atoms. The topological polar surface area (TPSA) is 83.7 Å². The van der Waals surface area contributed by atoms with E-state index in [1.807, 2.05) is 11.0 Å². The summed E-state index contributed by atoms with van der Waals surface area (Å²) in [6, 6.07) is 5.31. The van der Waals surface area contributed by atoms with E-state index in [1.165, 1.54) is 0 Å². The monoisotopic (exact) mass is 401 g/mol. The molecule has 1 aromatic rings. The molecule has 1 atom stereocenters. The number of hydrogen-bond acceptors (Lipinski definition) is 4. The van der Waals surface area contributed by atoms with E-state index in [9.17, 15) is 13.2 Å². The number of amides is 1. The summed E-state index contributed by atoms with van der Waals surface area (Å²) in [6.45, 7) is 3.81. The molecule has 26 heavy (non-hydrogen) atoms. The number of piperidine rings is 1. The Labute approximate surface area is 162 Å². The fourth-order valence-corrected chi connectivity index (χ4v) is 5.59. The number of sulfonamides is 1. The van der Waals surface area contributed by atoms with E-state index in [-0.39, 0.29) is 24.4 Å². The SMILES string of the molecule is CC(=O)N1CCc2ccc(S(=O)(=O)N3CCCCC3CN)cc2CC1.Cl. The Balaban J connectivity index is 0.00000243. The Kier molecular flexibility index (Phi) is 7.07. The highest BCUT2D eigenvalue weighted by atomic mass is 35.5. The normalized spacial score (nSPS) is 21.5. The molecule has 3 rings (SSSR count). The van der Waals surface area contributed by atoms with Crippen LogP contribution in [0.25, 0.3) is 0 Å². The van der Waals surface area contributed by atoms with E-state index in [4.69, 9.17) is 5.73 Å². The molecule has 0 aromatic heterocycles. The van der Waals surface area contributed by atoms with Crippen LogP contribution in [0.3, 0.4) is 0 Å². The van der Waals surface area contributed by atoms with Crippen molar-refractivity contribution in [3.8, 4) is 0 Å². The Bertz CT molecular complexity index is 754. The van der Waals surface area contributed by atoms with Crippen molar-refractivity contribution in [2.24, 2.45) is 5.73 Å². The molecule has 1 amide bonds. The highest BCUT2D eigenvalue weighted by Crippen LogP contribution is 2.27. The first-order valence-corrected chi connectivity index (χ1v) is 10.5. The molecule has 0 saturated carbocycles. The van der Waals surface area contributed by atoms with Crippen molar-refractivity contribution in [2.45, 2.75) is 50.0 Å². The number of halogens is 1. The number of rotatable bonds is 3. The Hall–Kier alpha value is -1.15. The van der Waals surface area contributed by atoms with Crippen LogP contribution in [0.2, 0.25) is 0 Å². The third-order valence-corrected chi connectivity index (χ3v) is 7.32. The Morgan fingerprint density at radius 1 is 1.15 bits per heavy atom. The number of fused-ring (bicyclic) bond motifs is 1. The van der Waals surface area contributed by atoms with Gasteiger partial charge in [-0.25, -0.2) is 8.42 Å². The first-order valence-electron chi connectivity index (χ1n) is 9.02. The highest BCUT2D eigenvalue weighted by Gasteiger charge is 2.33. The zero-order valence-corrected chi connectivity index (χ0v) is 16.8. The number of nitrogens with zero attached hydrogens (tertiary/aromatic N) is 2. The Morgan fingerprint density at radius 3 is 2.50 bits per heavy atom.